The number of anilines is 1. The zero-order chi connectivity index (χ0) is 12.3. The van der Waals surface area contributed by atoms with E-state index in [1.807, 2.05) is 7.05 Å². The van der Waals surface area contributed by atoms with Gasteiger partial charge < -0.3 is 10.2 Å². The van der Waals surface area contributed by atoms with Crippen molar-refractivity contribution < 1.29 is 4.79 Å². The molecule has 1 amide bonds. The van der Waals surface area contributed by atoms with Gasteiger partial charge in [-0.1, -0.05) is 6.42 Å². The lowest BCUT2D eigenvalue weighted by molar-refractivity contribution is 0.0738. The molecule has 0 saturated heterocycles. The number of amides is 1. The first-order valence-corrected chi connectivity index (χ1v) is 5.97. The minimum absolute atomic E-state index is 0.0490. The van der Waals surface area contributed by atoms with Crippen molar-refractivity contribution in [3.05, 3.63) is 17.8 Å². The molecule has 0 bridgehead atoms. The van der Waals surface area contributed by atoms with Gasteiger partial charge in [-0.05, 0) is 30.9 Å². The van der Waals surface area contributed by atoms with E-state index < -0.39 is 0 Å². The maximum atomic E-state index is 12.0. The van der Waals surface area contributed by atoms with Gasteiger partial charge in [0.15, 0.2) is 5.69 Å². The molecule has 1 aliphatic rings. The van der Waals surface area contributed by atoms with Crippen LogP contribution in [0.3, 0.4) is 0 Å². The molecule has 1 N–H and O–H groups in total. The Hall–Kier alpha value is -1.65. The lowest BCUT2D eigenvalue weighted by Crippen LogP contribution is -2.34. The molecule has 0 spiro atoms. The van der Waals surface area contributed by atoms with Gasteiger partial charge in [0.05, 0.1) is 0 Å². The van der Waals surface area contributed by atoms with E-state index in [9.17, 15) is 4.79 Å². The van der Waals surface area contributed by atoms with Crippen molar-refractivity contribution >= 4 is 11.7 Å². The molecule has 5 heteroatoms. The normalized spacial score (nSPS) is 15.2. The second-order valence-electron chi connectivity index (χ2n) is 4.54. The van der Waals surface area contributed by atoms with E-state index >= 15 is 0 Å². The van der Waals surface area contributed by atoms with Gasteiger partial charge in [0, 0.05) is 20.6 Å². The SMILES string of the molecule is CNc1ccc(C(=O)N(C)CC2CCC2)nn1. The maximum Gasteiger partial charge on any atom is 0.274 e. The Labute approximate surface area is 101 Å². The molecule has 1 heterocycles. The number of rotatable bonds is 4. The van der Waals surface area contributed by atoms with Crippen molar-refractivity contribution in [2.75, 3.05) is 26.0 Å². The summed E-state index contributed by atoms with van der Waals surface area (Å²) >= 11 is 0. The van der Waals surface area contributed by atoms with Crippen LogP contribution in [0.25, 0.3) is 0 Å². The summed E-state index contributed by atoms with van der Waals surface area (Å²) in [5.74, 6) is 1.30. The second kappa shape index (κ2) is 5.12. The molecule has 5 nitrogen and oxygen atoms in total. The van der Waals surface area contributed by atoms with Gasteiger partial charge in [0.1, 0.15) is 5.82 Å². The van der Waals surface area contributed by atoms with Crippen LogP contribution in [0.15, 0.2) is 12.1 Å². The van der Waals surface area contributed by atoms with E-state index in [0.717, 1.165) is 6.54 Å². The first kappa shape index (κ1) is 11.8. The maximum absolute atomic E-state index is 12.0. The van der Waals surface area contributed by atoms with E-state index in [2.05, 4.69) is 15.5 Å². The Bertz CT molecular complexity index is 386. The smallest absolute Gasteiger partial charge is 0.274 e. The van der Waals surface area contributed by atoms with Crippen LogP contribution in [-0.2, 0) is 0 Å². The molecule has 1 aromatic rings. The summed E-state index contributed by atoms with van der Waals surface area (Å²) in [6, 6.07) is 3.47. The number of hydrogen-bond acceptors (Lipinski definition) is 4. The molecule has 1 aliphatic carbocycles. The highest BCUT2D eigenvalue weighted by atomic mass is 16.2. The zero-order valence-electron chi connectivity index (χ0n) is 10.3. The predicted molar refractivity (Wildman–Crippen MR) is 65.9 cm³/mol. The van der Waals surface area contributed by atoms with Crippen molar-refractivity contribution in [2.45, 2.75) is 19.3 Å². The highest BCUT2D eigenvalue weighted by Gasteiger charge is 2.22. The molecule has 1 saturated carbocycles. The number of aromatic nitrogens is 2. The minimum Gasteiger partial charge on any atom is -0.372 e. The van der Waals surface area contributed by atoms with E-state index in [-0.39, 0.29) is 5.91 Å². The standard InChI is InChI=1S/C12H18N4O/c1-13-11-7-6-10(14-15-11)12(17)16(2)8-9-4-3-5-9/h6-7,9H,3-5,8H2,1-2H3,(H,13,15). The van der Waals surface area contributed by atoms with Gasteiger partial charge in [-0.3, -0.25) is 4.79 Å². The number of hydrogen-bond donors (Lipinski definition) is 1. The summed E-state index contributed by atoms with van der Waals surface area (Å²) in [7, 11) is 3.60. The van der Waals surface area contributed by atoms with Crippen LogP contribution in [0.1, 0.15) is 29.8 Å². The Morgan fingerprint density at radius 2 is 2.24 bits per heavy atom. The largest absolute Gasteiger partial charge is 0.372 e. The third kappa shape index (κ3) is 2.72. The molecule has 0 unspecified atom stereocenters. The van der Waals surface area contributed by atoms with E-state index in [1.165, 1.54) is 19.3 Å². The monoisotopic (exact) mass is 234 g/mol. The fourth-order valence-corrected chi connectivity index (χ4v) is 1.92. The fraction of sp³-hybridized carbons (Fsp3) is 0.583. The molecule has 2 rings (SSSR count). The van der Waals surface area contributed by atoms with E-state index in [1.54, 1.807) is 24.1 Å². The molecule has 0 aromatic carbocycles. The summed E-state index contributed by atoms with van der Waals surface area (Å²) < 4.78 is 0. The van der Waals surface area contributed by atoms with Crippen LogP contribution in [0.2, 0.25) is 0 Å². The van der Waals surface area contributed by atoms with Crippen LogP contribution in [0.5, 0.6) is 0 Å². The fourth-order valence-electron chi connectivity index (χ4n) is 1.92. The summed E-state index contributed by atoms with van der Waals surface area (Å²) in [6.45, 7) is 0.828. The third-order valence-electron chi connectivity index (χ3n) is 3.24. The molecular weight excluding hydrogens is 216 g/mol. The number of carbonyl (C=O) groups is 1. The van der Waals surface area contributed by atoms with Crippen LogP contribution >= 0.6 is 0 Å². The highest BCUT2D eigenvalue weighted by molar-refractivity contribution is 5.92. The van der Waals surface area contributed by atoms with Gasteiger partial charge in [0.2, 0.25) is 0 Å². The first-order valence-electron chi connectivity index (χ1n) is 5.97. The van der Waals surface area contributed by atoms with Crippen molar-refractivity contribution in [1.82, 2.24) is 15.1 Å². The van der Waals surface area contributed by atoms with Gasteiger partial charge in [-0.2, -0.15) is 0 Å². The van der Waals surface area contributed by atoms with Gasteiger partial charge >= 0.3 is 0 Å². The van der Waals surface area contributed by atoms with Crippen molar-refractivity contribution in [2.24, 2.45) is 5.92 Å². The lowest BCUT2D eigenvalue weighted by Gasteiger charge is -2.29. The molecular formula is C12H18N4O. The Morgan fingerprint density at radius 3 is 2.71 bits per heavy atom. The zero-order valence-corrected chi connectivity index (χ0v) is 10.3. The van der Waals surface area contributed by atoms with Gasteiger partial charge in [-0.25, -0.2) is 0 Å². The average molecular weight is 234 g/mol. The van der Waals surface area contributed by atoms with Crippen molar-refractivity contribution in [1.29, 1.82) is 0 Å². The minimum atomic E-state index is -0.0490. The van der Waals surface area contributed by atoms with Crippen LogP contribution < -0.4 is 5.32 Å². The van der Waals surface area contributed by atoms with Crippen LogP contribution in [-0.4, -0.2) is 41.6 Å². The topological polar surface area (TPSA) is 58.1 Å². The highest BCUT2D eigenvalue weighted by Crippen LogP contribution is 2.26. The predicted octanol–water partition coefficient (Wildman–Crippen LogP) is 1.39. The number of nitrogens with one attached hydrogen (secondary N) is 1. The van der Waals surface area contributed by atoms with E-state index in [0.29, 0.717) is 17.4 Å². The summed E-state index contributed by atoms with van der Waals surface area (Å²) in [5, 5.41) is 10.7. The summed E-state index contributed by atoms with van der Waals surface area (Å²) in [4.78, 5) is 13.8. The molecule has 0 atom stereocenters. The van der Waals surface area contributed by atoms with Gasteiger partial charge in [-0.15, -0.1) is 10.2 Å². The molecule has 0 aliphatic heterocycles. The Balaban J connectivity index is 1.96. The summed E-state index contributed by atoms with van der Waals surface area (Å²) in [5.41, 5.74) is 0.408. The molecule has 0 radical (unpaired) electrons. The Kier molecular flexibility index (Phi) is 3.56. The van der Waals surface area contributed by atoms with Crippen molar-refractivity contribution in [3.8, 4) is 0 Å². The summed E-state index contributed by atoms with van der Waals surface area (Å²) in [6.07, 6.45) is 3.77. The van der Waals surface area contributed by atoms with Gasteiger partial charge in [0.25, 0.3) is 5.91 Å². The first-order chi connectivity index (χ1) is 8.20. The quantitative estimate of drug-likeness (QED) is 0.855. The van der Waals surface area contributed by atoms with Crippen molar-refractivity contribution in [3.63, 3.8) is 0 Å². The Morgan fingerprint density at radius 1 is 1.47 bits per heavy atom. The number of carbonyl (C=O) groups excluding carboxylic acids is 1. The van der Waals surface area contributed by atoms with E-state index in [4.69, 9.17) is 0 Å². The lowest BCUT2D eigenvalue weighted by atomic mass is 9.85. The molecule has 1 fully saturated rings. The third-order valence-corrected chi connectivity index (χ3v) is 3.24. The average Bonchev–Trinajstić information content (AvgIpc) is 2.32. The molecule has 92 valence electrons. The second-order valence-corrected chi connectivity index (χ2v) is 4.54. The number of nitrogens with zero attached hydrogens (tertiary/aromatic N) is 3. The molecule has 1 aromatic heterocycles. The van der Waals surface area contributed by atoms with Crippen LogP contribution in [0.4, 0.5) is 5.82 Å². The molecule has 17 heavy (non-hydrogen) atoms. The van der Waals surface area contributed by atoms with Crippen LogP contribution in [0, 0.1) is 5.92 Å².